The lowest BCUT2D eigenvalue weighted by atomic mass is 9.91. The number of alkyl carbamates (subject to hydrolysis) is 1. The topological polar surface area (TPSA) is 201 Å². The van der Waals surface area contributed by atoms with Crippen LogP contribution in [0.5, 0.6) is 0 Å². The number of β-lactam (4-membered cyclic amide) rings is 1. The summed E-state index contributed by atoms with van der Waals surface area (Å²) in [5.41, 5.74) is 0.444. The van der Waals surface area contributed by atoms with E-state index in [0.717, 1.165) is 10.5 Å². The minimum atomic E-state index is -1.58. The molecule has 0 spiro atoms. The van der Waals surface area contributed by atoms with Crippen molar-refractivity contribution in [1.82, 2.24) is 10.2 Å². The number of carboxylic acid groups (broad SMARTS) is 1. The van der Waals surface area contributed by atoms with E-state index in [1.807, 2.05) is 6.07 Å². The molecule has 1 fully saturated rings. The summed E-state index contributed by atoms with van der Waals surface area (Å²) in [5.74, 6) is -3.89. The number of ether oxygens (including phenoxy) is 4. The highest BCUT2D eigenvalue weighted by Crippen LogP contribution is 2.46. The van der Waals surface area contributed by atoms with Gasteiger partial charge in [0.05, 0.1) is 11.5 Å². The number of benzene rings is 2. The Balaban J connectivity index is 1.28. The molecule has 0 bridgehead atoms. The lowest BCUT2D eigenvalue weighted by Gasteiger charge is -2.49. The van der Waals surface area contributed by atoms with Gasteiger partial charge in [-0.2, -0.15) is 0 Å². The summed E-state index contributed by atoms with van der Waals surface area (Å²) >= 11 is 0.637. The second kappa shape index (κ2) is 13.7. The molecule has 2 N–H and O–H groups in total. The summed E-state index contributed by atoms with van der Waals surface area (Å²) < 4.78 is 20.6. The minimum Gasteiger partial charge on any atom is -0.485 e. The Bertz CT molecular complexity index is 1450. The van der Waals surface area contributed by atoms with Gasteiger partial charge in [0.15, 0.2) is 5.70 Å². The second-order valence-electron chi connectivity index (χ2n) is 9.13. The van der Waals surface area contributed by atoms with Crippen molar-refractivity contribution in [3.63, 3.8) is 0 Å². The molecule has 0 unspecified atom stereocenters. The number of nitrogens with one attached hydrogen (secondary N) is 1. The summed E-state index contributed by atoms with van der Waals surface area (Å²) in [6, 6.07) is 14.3. The number of amides is 2. The fraction of sp³-hybridized carbons (Fsp3) is 0.296. The van der Waals surface area contributed by atoms with Crippen molar-refractivity contribution in [2.24, 2.45) is 5.92 Å². The molecule has 0 radical (unpaired) electrons. The molecule has 0 aromatic heterocycles. The van der Waals surface area contributed by atoms with Gasteiger partial charge in [-0.05, 0) is 30.2 Å². The third-order valence-corrected chi connectivity index (χ3v) is 7.42. The van der Waals surface area contributed by atoms with E-state index in [-0.39, 0.29) is 32.1 Å². The molecular formula is C27H25N3O12S. The maximum atomic E-state index is 12.9. The maximum Gasteiger partial charge on any atom is 0.508 e. The predicted molar refractivity (Wildman–Crippen MR) is 146 cm³/mol. The van der Waals surface area contributed by atoms with Crippen molar-refractivity contribution in [3.8, 4) is 0 Å². The van der Waals surface area contributed by atoms with E-state index < -0.39 is 63.0 Å². The van der Waals surface area contributed by atoms with E-state index in [1.54, 1.807) is 24.3 Å². The number of nitro benzene ring substituents is 1. The van der Waals surface area contributed by atoms with E-state index in [0.29, 0.717) is 17.3 Å². The van der Waals surface area contributed by atoms with Crippen LogP contribution in [0.2, 0.25) is 0 Å². The third kappa shape index (κ3) is 7.40. The zero-order valence-corrected chi connectivity index (χ0v) is 23.3. The fourth-order valence-corrected chi connectivity index (χ4v) is 5.46. The molecule has 4 rings (SSSR count). The molecule has 226 valence electrons. The number of carbonyl (C=O) groups is 5. The number of thioether (sulfide) groups is 1. The Morgan fingerprint density at radius 3 is 2.35 bits per heavy atom. The largest absolute Gasteiger partial charge is 0.508 e. The van der Waals surface area contributed by atoms with Crippen molar-refractivity contribution in [2.75, 3.05) is 13.2 Å². The van der Waals surface area contributed by atoms with Crippen molar-refractivity contribution < 1.29 is 52.9 Å². The van der Waals surface area contributed by atoms with Crippen LogP contribution in [0.25, 0.3) is 0 Å². The monoisotopic (exact) mass is 615 g/mol. The molecule has 15 nitrogen and oxygen atoms in total. The first-order valence-corrected chi connectivity index (χ1v) is 13.6. The number of carboxylic acids is 1. The molecule has 43 heavy (non-hydrogen) atoms. The predicted octanol–water partition coefficient (Wildman–Crippen LogP) is 2.93. The molecule has 0 aliphatic carbocycles. The number of carbonyl (C=O) groups excluding carboxylic acids is 4. The van der Waals surface area contributed by atoms with Gasteiger partial charge in [0.1, 0.15) is 37.2 Å². The van der Waals surface area contributed by atoms with Gasteiger partial charge >= 0.3 is 18.2 Å². The molecule has 2 aliphatic rings. The van der Waals surface area contributed by atoms with Crippen LogP contribution < -0.4 is 5.32 Å². The molecule has 3 atom stereocenters. The van der Waals surface area contributed by atoms with Gasteiger partial charge < -0.3 is 29.4 Å². The van der Waals surface area contributed by atoms with Crippen molar-refractivity contribution >= 4 is 46.7 Å². The van der Waals surface area contributed by atoms with E-state index in [2.05, 4.69) is 5.32 Å². The highest BCUT2D eigenvalue weighted by Gasteiger charge is 2.59. The van der Waals surface area contributed by atoms with Gasteiger partial charge in [0.2, 0.25) is 11.7 Å². The Morgan fingerprint density at radius 1 is 1.05 bits per heavy atom. The summed E-state index contributed by atoms with van der Waals surface area (Å²) in [4.78, 5) is 72.9. The number of rotatable bonds is 12. The van der Waals surface area contributed by atoms with Crippen LogP contribution in [0, 0.1) is 16.0 Å². The first-order valence-electron chi connectivity index (χ1n) is 12.7. The summed E-state index contributed by atoms with van der Waals surface area (Å²) in [6.45, 7) is 0.786. The summed E-state index contributed by atoms with van der Waals surface area (Å²) in [7, 11) is 0. The molecule has 2 aliphatic heterocycles. The number of hydrogen-bond acceptors (Lipinski definition) is 12. The molecule has 0 saturated carbocycles. The zero-order chi connectivity index (χ0) is 31.1. The van der Waals surface area contributed by atoms with Crippen LogP contribution in [-0.2, 0) is 46.5 Å². The fourth-order valence-electron chi connectivity index (χ4n) is 4.17. The summed E-state index contributed by atoms with van der Waals surface area (Å²) in [5, 5.41) is 21.2. The van der Waals surface area contributed by atoms with E-state index in [1.165, 1.54) is 31.2 Å². The Hall–Kier alpha value is -5.12. The minimum absolute atomic E-state index is 0.0379. The van der Waals surface area contributed by atoms with E-state index >= 15 is 0 Å². The highest BCUT2D eigenvalue weighted by molar-refractivity contribution is 8.14. The maximum absolute atomic E-state index is 12.9. The SMILES string of the molecule is C[C@@H](OC(=O)OCc1ccc([N+](=O)[O-])cc1)[C@H]1C(=O)N2C(C(=O)O)=C(OCCNC(=O)OCc3ccccc3)C(=O)S[C@@H]12. The number of fused-ring (bicyclic) bond motifs is 1. The molecule has 2 heterocycles. The lowest BCUT2D eigenvalue weighted by molar-refractivity contribution is -0.384. The molecule has 16 heteroatoms. The zero-order valence-electron chi connectivity index (χ0n) is 22.5. The van der Waals surface area contributed by atoms with Crippen LogP contribution in [0.4, 0.5) is 15.3 Å². The van der Waals surface area contributed by atoms with Gasteiger partial charge in [0.25, 0.3) is 10.8 Å². The summed E-state index contributed by atoms with van der Waals surface area (Å²) in [6.07, 6.45) is -2.95. The van der Waals surface area contributed by atoms with E-state index in [4.69, 9.17) is 18.9 Å². The number of aliphatic carboxylic acids is 1. The standard InChI is InChI=1S/C27H25N3O12S/c1-15(42-27(36)41-14-17-7-9-18(10-8-17)30(37)38)19-22(31)29-20(24(32)33)21(25(34)43-23(19)29)39-12-11-28-26(35)40-13-16-5-3-2-4-6-16/h2-10,15,19,23H,11-14H2,1H3,(H,28,35)(H,32,33)/t15-,19+,23+/m1/s1. The average Bonchev–Trinajstić information content (AvgIpc) is 2.98. The van der Waals surface area contributed by atoms with Gasteiger partial charge in [-0.1, -0.05) is 42.1 Å². The number of non-ortho nitro benzene ring substituents is 1. The molecule has 2 aromatic carbocycles. The van der Waals surface area contributed by atoms with Gasteiger partial charge in [-0.3, -0.25) is 24.6 Å². The Labute approximate surface area is 247 Å². The normalized spacial score (nSPS) is 18.1. The molecular weight excluding hydrogens is 590 g/mol. The molecule has 2 aromatic rings. The number of hydrogen-bond donors (Lipinski definition) is 2. The second-order valence-corrected chi connectivity index (χ2v) is 10.2. The first kappa shape index (κ1) is 30.8. The van der Waals surface area contributed by atoms with Crippen LogP contribution >= 0.6 is 11.8 Å². The molecule has 1 saturated heterocycles. The van der Waals surface area contributed by atoms with Crippen molar-refractivity contribution in [3.05, 3.63) is 87.3 Å². The number of nitro groups is 1. The van der Waals surface area contributed by atoms with Crippen LogP contribution in [0.3, 0.4) is 0 Å². The third-order valence-electron chi connectivity index (χ3n) is 6.28. The smallest absolute Gasteiger partial charge is 0.485 e. The van der Waals surface area contributed by atoms with Gasteiger partial charge in [0, 0.05) is 12.1 Å². The quantitative estimate of drug-likeness (QED) is 0.116. The van der Waals surface area contributed by atoms with Crippen LogP contribution in [-0.4, -0.2) is 68.8 Å². The Morgan fingerprint density at radius 2 is 1.70 bits per heavy atom. The molecule has 2 amide bonds. The Kier molecular flexibility index (Phi) is 9.82. The van der Waals surface area contributed by atoms with Crippen molar-refractivity contribution in [1.29, 1.82) is 0 Å². The van der Waals surface area contributed by atoms with Gasteiger partial charge in [-0.15, -0.1) is 0 Å². The number of nitrogens with zero attached hydrogens (tertiary/aromatic N) is 2. The van der Waals surface area contributed by atoms with Gasteiger partial charge in [-0.25, -0.2) is 14.4 Å². The van der Waals surface area contributed by atoms with E-state index in [9.17, 15) is 39.2 Å². The van der Waals surface area contributed by atoms with Crippen LogP contribution in [0.15, 0.2) is 66.1 Å². The lowest BCUT2D eigenvalue weighted by Crippen LogP contribution is -2.65. The van der Waals surface area contributed by atoms with Crippen LogP contribution in [0.1, 0.15) is 18.1 Å². The van der Waals surface area contributed by atoms with Crippen molar-refractivity contribution in [2.45, 2.75) is 31.6 Å². The highest BCUT2D eigenvalue weighted by atomic mass is 32.2. The average molecular weight is 616 g/mol. The first-order chi connectivity index (χ1) is 20.6.